The van der Waals surface area contributed by atoms with E-state index < -0.39 is 15.7 Å². The molecule has 2 aromatic heterocycles. The lowest BCUT2D eigenvalue weighted by Crippen LogP contribution is -2.13. The standard InChI is InChI=1S/C14H13N5O3S/c1-23(21,22)9-4-2-3-8(7-9)10-5-6-19-14(17-10)11(13(16)20)12(15)18-19/h2-7H,1H3,(H2,15,18)(H2,16,20). The first-order valence-corrected chi connectivity index (χ1v) is 8.41. The Morgan fingerprint density at radius 3 is 2.65 bits per heavy atom. The van der Waals surface area contributed by atoms with Crippen molar-refractivity contribution in [3.63, 3.8) is 0 Å². The first-order chi connectivity index (χ1) is 10.8. The summed E-state index contributed by atoms with van der Waals surface area (Å²) in [6, 6.07) is 8.00. The van der Waals surface area contributed by atoms with Crippen molar-refractivity contribution in [1.29, 1.82) is 0 Å². The van der Waals surface area contributed by atoms with Crippen molar-refractivity contribution in [3.8, 4) is 11.3 Å². The van der Waals surface area contributed by atoms with Gasteiger partial charge in [0.05, 0.1) is 10.6 Å². The van der Waals surface area contributed by atoms with Crippen LogP contribution in [0, 0.1) is 0 Å². The summed E-state index contributed by atoms with van der Waals surface area (Å²) >= 11 is 0. The average Bonchev–Trinajstić information content (AvgIpc) is 2.81. The van der Waals surface area contributed by atoms with Crippen molar-refractivity contribution in [2.24, 2.45) is 5.73 Å². The van der Waals surface area contributed by atoms with Gasteiger partial charge in [-0.15, -0.1) is 5.10 Å². The third-order valence-electron chi connectivity index (χ3n) is 3.32. The molecule has 118 valence electrons. The van der Waals surface area contributed by atoms with Gasteiger partial charge in [-0.2, -0.15) is 0 Å². The number of hydrogen-bond acceptors (Lipinski definition) is 6. The molecule has 8 nitrogen and oxygen atoms in total. The Balaban J connectivity index is 2.22. The lowest BCUT2D eigenvalue weighted by Gasteiger charge is -2.04. The highest BCUT2D eigenvalue weighted by molar-refractivity contribution is 7.90. The second-order valence-electron chi connectivity index (χ2n) is 5.01. The van der Waals surface area contributed by atoms with E-state index >= 15 is 0 Å². The number of rotatable bonds is 3. The number of carbonyl (C=O) groups excluding carboxylic acids is 1. The molecule has 0 bridgehead atoms. The summed E-state index contributed by atoms with van der Waals surface area (Å²) in [5.74, 6) is -0.737. The first kappa shape index (κ1) is 15.0. The van der Waals surface area contributed by atoms with E-state index in [1.807, 2.05) is 0 Å². The highest BCUT2D eigenvalue weighted by atomic mass is 32.2. The average molecular weight is 331 g/mol. The summed E-state index contributed by atoms with van der Waals surface area (Å²) in [7, 11) is -3.33. The number of anilines is 1. The predicted molar refractivity (Wildman–Crippen MR) is 84.5 cm³/mol. The molecule has 9 heteroatoms. The Bertz CT molecular complexity index is 1040. The molecule has 23 heavy (non-hydrogen) atoms. The molecule has 0 spiro atoms. The number of carbonyl (C=O) groups is 1. The van der Waals surface area contributed by atoms with Crippen molar-refractivity contribution in [2.45, 2.75) is 4.90 Å². The summed E-state index contributed by atoms with van der Waals surface area (Å²) in [5.41, 5.74) is 12.3. The van der Waals surface area contributed by atoms with Crippen molar-refractivity contribution in [3.05, 3.63) is 42.1 Å². The van der Waals surface area contributed by atoms with Crippen LogP contribution in [-0.4, -0.2) is 35.2 Å². The minimum absolute atomic E-state index is 0.00737. The number of nitrogen functional groups attached to an aromatic ring is 1. The molecule has 2 heterocycles. The molecule has 3 rings (SSSR count). The van der Waals surface area contributed by atoms with Crippen LogP contribution in [-0.2, 0) is 9.84 Å². The molecule has 0 aliphatic heterocycles. The molecule has 0 unspecified atom stereocenters. The van der Waals surface area contributed by atoms with Gasteiger partial charge in [0.25, 0.3) is 5.91 Å². The second kappa shape index (κ2) is 5.06. The maximum Gasteiger partial charge on any atom is 0.256 e. The Morgan fingerprint density at radius 1 is 1.26 bits per heavy atom. The van der Waals surface area contributed by atoms with Gasteiger partial charge in [0.2, 0.25) is 0 Å². The van der Waals surface area contributed by atoms with Crippen LogP contribution in [0.5, 0.6) is 0 Å². The zero-order valence-electron chi connectivity index (χ0n) is 12.1. The number of nitrogens with zero attached hydrogens (tertiary/aromatic N) is 3. The zero-order chi connectivity index (χ0) is 16.8. The maximum atomic E-state index is 11.7. The van der Waals surface area contributed by atoms with Crippen molar-refractivity contribution in [1.82, 2.24) is 14.6 Å². The molecule has 0 atom stereocenters. The Hall–Kier alpha value is -2.94. The molecule has 0 fully saturated rings. The second-order valence-corrected chi connectivity index (χ2v) is 7.02. The van der Waals surface area contributed by atoms with Gasteiger partial charge < -0.3 is 11.5 Å². The molecule has 0 aliphatic rings. The van der Waals surface area contributed by atoms with Crippen LogP contribution in [0.4, 0.5) is 5.82 Å². The number of sulfone groups is 1. The third kappa shape index (κ3) is 2.61. The molecule has 0 saturated heterocycles. The van der Waals surface area contributed by atoms with Crippen molar-refractivity contribution in [2.75, 3.05) is 12.0 Å². The zero-order valence-corrected chi connectivity index (χ0v) is 12.9. The molecule has 4 N–H and O–H groups in total. The molecule has 0 aliphatic carbocycles. The van der Waals surface area contributed by atoms with Gasteiger partial charge in [-0.3, -0.25) is 4.79 Å². The van der Waals surface area contributed by atoms with E-state index in [0.29, 0.717) is 11.3 Å². The largest absolute Gasteiger partial charge is 0.381 e. The van der Waals surface area contributed by atoms with Crippen molar-refractivity contribution < 1.29 is 13.2 Å². The number of fused-ring (bicyclic) bond motifs is 1. The summed E-state index contributed by atoms with van der Waals surface area (Å²) < 4.78 is 24.7. The molecule has 0 saturated carbocycles. The van der Waals surface area contributed by atoms with Crippen LogP contribution < -0.4 is 11.5 Å². The fraction of sp³-hybridized carbons (Fsp3) is 0.0714. The molecule has 1 amide bonds. The molecule has 1 aromatic carbocycles. The van der Waals surface area contributed by atoms with E-state index in [0.717, 1.165) is 6.26 Å². The van der Waals surface area contributed by atoms with Crippen LogP contribution >= 0.6 is 0 Å². The topological polar surface area (TPSA) is 133 Å². The smallest absolute Gasteiger partial charge is 0.256 e. The number of nitrogens with two attached hydrogens (primary N) is 2. The summed E-state index contributed by atoms with van der Waals surface area (Å²) in [6.45, 7) is 0. The van der Waals surface area contributed by atoms with Gasteiger partial charge in [0, 0.05) is 18.0 Å². The summed E-state index contributed by atoms with van der Waals surface area (Å²) in [4.78, 5) is 16.0. The molecule has 0 radical (unpaired) electrons. The van der Waals surface area contributed by atoms with Crippen LogP contribution in [0.15, 0.2) is 41.4 Å². The van der Waals surface area contributed by atoms with Crippen LogP contribution in [0.25, 0.3) is 16.9 Å². The number of amides is 1. The normalized spacial score (nSPS) is 11.7. The lowest BCUT2D eigenvalue weighted by molar-refractivity contribution is 0.100. The minimum Gasteiger partial charge on any atom is -0.381 e. The van der Waals surface area contributed by atoms with Gasteiger partial charge in [0.1, 0.15) is 5.56 Å². The number of primary amides is 1. The monoisotopic (exact) mass is 331 g/mol. The SMILES string of the molecule is CS(=O)(=O)c1cccc(-c2ccn3nc(N)c(C(N)=O)c3n2)c1. The van der Waals surface area contributed by atoms with Gasteiger partial charge >= 0.3 is 0 Å². The molecular formula is C14H13N5O3S. The van der Waals surface area contributed by atoms with E-state index in [1.54, 1.807) is 24.4 Å². The highest BCUT2D eigenvalue weighted by Gasteiger charge is 2.17. The fourth-order valence-corrected chi connectivity index (χ4v) is 2.90. The maximum absolute atomic E-state index is 11.7. The molecule has 3 aromatic rings. The fourth-order valence-electron chi connectivity index (χ4n) is 2.23. The third-order valence-corrected chi connectivity index (χ3v) is 4.43. The molecular weight excluding hydrogens is 318 g/mol. The predicted octanol–water partition coefficient (Wildman–Crippen LogP) is 0.481. The van der Waals surface area contributed by atoms with E-state index in [2.05, 4.69) is 10.1 Å². The van der Waals surface area contributed by atoms with E-state index in [9.17, 15) is 13.2 Å². The Morgan fingerprint density at radius 2 is 2.00 bits per heavy atom. The minimum atomic E-state index is -3.33. The Kier molecular flexibility index (Phi) is 3.29. The van der Waals surface area contributed by atoms with Crippen molar-refractivity contribution >= 4 is 27.2 Å². The van der Waals surface area contributed by atoms with Gasteiger partial charge in [0.15, 0.2) is 21.3 Å². The Labute approximate surface area is 131 Å². The van der Waals surface area contributed by atoms with E-state index in [-0.39, 0.29) is 21.9 Å². The summed E-state index contributed by atoms with van der Waals surface area (Å²) in [6.07, 6.45) is 2.71. The van der Waals surface area contributed by atoms with E-state index in [4.69, 9.17) is 11.5 Å². The van der Waals surface area contributed by atoms with Gasteiger partial charge in [-0.1, -0.05) is 12.1 Å². The number of aromatic nitrogens is 3. The van der Waals surface area contributed by atoms with Crippen LogP contribution in [0.3, 0.4) is 0 Å². The van der Waals surface area contributed by atoms with Crippen LogP contribution in [0.1, 0.15) is 10.4 Å². The van der Waals surface area contributed by atoms with Gasteiger partial charge in [-0.05, 0) is 18.2 Å². The quantitative estimate of drug-likeness (QED) is 0.717. The summed E-state index contributed by atoms with van der Waals surface area (Å²) in [5, 5.41) is 3.96. The van der Waals surface area contributed by atoms with E-state index in [1.165, 1.54) is 16.6 Å². The lowest BCUT2D eigenvalue weighted by atomic mass is 10.1. The van der Waals surface area contributed by atoms with Gasteiger partial charge in [-0.25, -0.2) is 17.9 Å². The number of benzene rings is 1. The number of hydrogen-bond donors (Lipinski definition) is 2. The highest BCUT2D eigenvalue weighted by Crippen LogP contribution is 2.23. The van der Waals surface area contributed by atoms with Crippen LogP contribution in [0.2, 0.25) is 0 Å². The first-order valence-electron chi connectivity index (χ1n) is 6.52.